The van der Waals surface area contributed by atoms with Gasteiger partial charge in [0, 0.05) is 29.6 Å². The van der Waals surface area contributed by atoms with E-state index in [1.54, 1.807) is 18.2 Å². The Kier molecular flexibility index (Phi) is 5.70. The maximum Gasteiger partial charge on any atom is 0.257 e. The zero-order valence-electron chi connectivity index (χ0n) is 12.0. The molecular weight excluding hydrogens is 313 g/mol. The van der Waals surface area contributed by atoms with Gasteiger partial charge in [0.1, 0.15) is 5.75 Å². The molecule has 21 heavy (non-hydrogen) atoms. The summed E-state index contributed by atoms with van der Waals surface area (Å²) in [7, 11) is 0. The molecule has 2 rings (SSSR count). The van der Waals surface area contributed by atoms with Gasteiger partial charge in [0.15, 0.2) is 6.61 Å². The average Bonchev–Trinajstić information content (AvgIpc) is 2.75. The van der Waals surface area contributed by atoms with E-state index in [0.717, 1.165) is 0 Å². The van der Waals surface area contributed by atoms with Gasteiger partial charge in [-0.2, -0.15) is 0 Å². The Balaban J connectivity index is 1.77. The first-order chi connectivity index (χ1) is 9.97. The van der Waals surface area contributed by atoms with E-state index in [9.17, 15) is 4.79 Å². The van der Waals surface area contributed by atoms with Crippen molar-refractivity contribution in [1.29, 1.82) is 0 Å². The quantitative estimate of drug-likeness (QED) is 0.772. The summed E-state index contributed by atoms with van der Waals surface area (Å²) in [5.74, 6) is 0.613. The minimum atomic E-state index is -0.174. The molecule has 1 aromatic carbocycles. The number of halogens is 2. The molecule has 1 saturated heterocycles. The van der Waals surface area contributed by atoms with Crippen LogP contribution in [0.3, 0.4) is 0 Å². The number of carbonyl (C=O) groups is 1. The van der Waals surface area contributed by atoms with Crippen LogP contribution >= 0.6 is 23.2 Å². The largest absolute Gasteiger partial charge is 0.482 e. The van der Waals surface area contributed by atoms with Gasteiger partial charge in [0.05, 0.1) is 5.02 Å². The summed E-state index contributed by atoms with van der Waals surface area (Å²) in [4.78, 5) is 11.8. The zero-order valence-corrected chi connectivity index (χ0v) is 13.5. The van der Waals surface area contributed by atoms with Gasteiger partial charge >= 0.3 is 0 Å². The van der Waals surface area contributed by atoms with E-state index in [4.69, 9.17) is 27.9 Å². The van der Waals surface area contributed by atoms with Gasteiger partial charge in [-0.15, -0.1) is 0 Å². The van der Waals surface area contributed by atoms with Crippen molar-refractivity contribution < 1.29 is 9.53 Å². The van der Waals surface area contributed by atoms with Crippen molar-refractivity contribution in [2.45, 2.75) is 25.9 Å². The predicted molar refractivity (Wildman–Crippen MR) is 83.7 cm³/mol. The van der Waals surface area contributed by atoms with Crippen LogP contribution in [0.2, 0.25) is 10.0 Å². The van der Waals surface area contributed by atoms with Crippen LogP contribution in [0.15, 0.2) is 18.2 Å². The van der Waals surface area contributed by atoms with Gasteiger partial charge in [-0.05, 0) is 32.0 Å². The Morgan fingerprint density at radius 1 is 1.29 bits per heavy atom. The molecule has 7 heteroatoms. The first-order valence-electron chi connectivity index (χ1n) is 6.83. The maximum absolute atomic E-state index is 11.8. The molecule has 2 atom stereocenters. The highest BCUT2D eigenvalue weighted by Crippen LogP contribution is 2.27. The average molecular weight is 332 g/mol. The first kappa shape index (κ1) is 16.4. The third kappa shape index (κ3) is 4.48. The lowest BCUT2D eigenvalue weighted by Crippen LogP contribution is -2.39. The minimum Gasteiger partial charge on any atom is -0.482 e. The Bertz CT molecular complexity index is 503. The second kappa shape index (κ2) is 7.31. The number of carbonyl (C=O) groups excluding carboxylic acids is 1. The maximum atomic E-state index is 11.8. The second-order valence-electron chi connectivity index (χ2n) is 5.20. The molecule has 0 bridgehead atoms. The Hall–Kier alpha value is -1.01. The van der Waals surface area contributed by atoms with Crippen LogP contribution in [-0.2, 0) is 4.79 Å². The lowest BCUT2D eigenvalue weighted by molar-refractivity contribution is -0.123. The number of ether oxygens (including phenoxy) is 1. The highest BCUT2D eigenvalue weighted by atomic mass is 35.5. The zero-order chi connectivity index (χ0) is 15.4. The van der Waals surface area contributed by atoms with Crippen molar-refractivity contribution >= 4 is 29.1 Å². The normalized spacial score (nSPS) is 24.9. The molecule has 1 aliphatic rings. The Labute approximate surface area is 134 Å². The van der Waals surface area contributed by atoms with E-state index in [-0.39, 0.29) is 12.5 Å². The smallest absolute Gasteiger partial charge is 0.257 e. The highest BCUT2D eigenvalue weighted by Gasteiger charge is 2.29. The van der Waals surface area contributed by atoms with Crippen LogP contribution in [0.5, 0.6) is 5.75 Å². The molecule has 1 aromatic rings. The number of hydrazine groups is 1. The van der Waals surface area contributed by atoms with Crippen LogP contribution < -0.4 is 20.9 Å². The van der Waals surface area contributed by atoms with Gasteiger partial charge in [-0.3, -0.25) is 15.6 Å². The van der Waals surface area contributed by atoms with E-state index < -0.39 is 0 Å². The molecule has 1 aliphatic heterocycles. The van der Waals surface area contributed by atoms with Crippen LogP contribution in [0, 0.1) is 5.92 Å². The molecule has 5 nitrogen and oxygen atoms in total. The SMILES string of the molecule is CC1NNC(C)C1CNC(=O)COc1ccc(Cl)cc1Cl. The van der Waals surface area contributed by atoms with Crippen LogP contribution in [0.1, 0.15) is 13.8 Å². The van der Waals surface area contributed by atoms with Gasteiger partial charge < -0.3 is 10.1 Å². The van der Waals surface area contributed by atoms with Gasteiger partial charge in [-0.1, -0.05) is 23.2 Å². The topological polar surface area (TPSA) is 62.4 Å². The van der Waals surface area contributed by atoms with Gasteiger partial charge in [-0.25, -0.2) is 0 Å². The van der Waals surface area contributed by atoms with E-state index in [0.29, 0.717) is 40.3 Å². The molecule has 1 fully saturated rings. The first-order valence-corrected chi connectivity index (χ1v) is 7.58. The molecular formula is C14H19Cl2N3O2. The molecule has 0 spiro atoms. The summed E-state index contributed by atoms with van der Waals surface area (Å²) < 4.78 is 5.39. The molecule has 3 N–H and O–H groups in total. The molecule has 0 aromatic heterocycles. The van der Waals surface area contributed by atoms with Crippen LogP contribution in [0.25, 0.3) is 0 Å². The van der Waals surface area contributed by atoms with Gasteiger partial charge in [0.25, 0.3) is 5.91 Å². The summed E-state index contributed by atoms with van der Waals surface area (Å²) in [6, 6.07) is 5.52. The minimum absolute atomic E-state index is 0.0717. The molecule has 1 heterocycles. The summed E-state index contributed by atoms with van der Waals surface area (Å²) in [5.41, 5.74) is 6.30. The van der Waals surface area contributed by atoms with E-state index in [1.165, 1.54) is 0 Å². The lowest BCUT2D eigenvalue weighted by Gasteiger charge is -2.18. The summed E-state index contributed by atoms with van der Waals surface area (Å²) >= 11 is 11.8. The fourth-order valence-electron chi connectivity index (χ4n) is 2.28. The fraction of sp³-hybridized carbons (Fsp3) is 0.500. The summed E-state index contributed by atoms with van der Waals surface area (Å²) in [6.07, 6.45) is 0. The number of hydrogen-bond acceptors (Lipinski definition) is 4. The van der Waals surface area contributed by atoms with E-state index in [2.05, 4.69) is 30.0 Å². The number of nitrogens with one attached hydrogen (secondary N) is 3. The molecule has 116 valence electrons. The fourth-order valence-corrected chi connectivity index (χ4v) is 2.74. The summed E-state index contributed by atoms with van der Waals surface area (Å²) in [6.45, 7) is 4.69. The number of amides is 1. The van der Waals surface area contributed by atoms with Crippen molar-refractivity contribution in [1.82, 2.24) is 16.2 Å². The Morgan fingerprint density at radius 3 is 2.57 bits per heavy atom. The van der Waals surface area contributed by atoms with Crippen molar-refractivity contribution in [3.8, 4) is 5.75 Å². The van der Waals surface area contributed by atoms with E-state index >= 15 is 0 Å². The molecule has 1 amide bonds. The van der Waals surface area contributed by atoms with Crippen molar-refractivity contribution in [3.63, 3.8) is 0 Å². The monoisotopic (exact) mass is 331 g/mol. The molecule has 0 radical (unpaired) electrons. The lowest BCUT2D eigenvalue weighted by atomic mass is 9.97. The number of rotatable bonds is 5. The van der Waals surface area contributed by atoms with Crippen molar-refractivity contribution in [2.75, 3.05) is 13.2 Å². The highest BCUT2D eigenvalue weighted by molar-refractivity contribution is 6.35. The molecule has 2 unspecified atom stereocenters. The van der Waals surface area contributed by atoms with Crippen molar-refractivity contribution in [3.05, 3.63) is 28.2 Å². The Morgan fingerprint density at radius 2 is 1.95 bits per heavy atom. The molecule has 0 saturated carbocycles. The standard InChI is InChI=1S/C14H19Cl2N3O2/c1-8-11(9(2)19-18-8)6-17-14(20)7-21-13-4-3-10(15)5-12(13)16/h3-5,8-9,11,18-19H,6-7H2,1-2H3,(H,17,20). The number of benzene rings is 1. The third-order valence-electron chi connectivity index (χ3n) is 3.61. The summed E-state index contributed by atoms with van der Waals surface area (Å²) in [5, 5.41) is 3.79. The van der Waals surface area contributed by atoms with Crippen LogP contribution in [-0.4, -0.2) is 31.1 Å². The third-order valence-corrected chi connectivity index (χ3v) is 4.14. The second-order valence-corrected chi connectivity index (χ2v) is 6.04. The van der Waals surface area contributed by atoms with Crippen molar-refractivity contribution in [2.24, 2.45) is 5.92 Å². The number of hydrogen-bond donors (Lipinski definition) is 3. The van der Waals surface area contributed by atoms with Crippen LogP contribution in [0.4, 0.5) is 0 Å². The molecule has 0 aliphatic carbocycles. The van der Waals surface area contributed by atoms with E-state index in [1.807, 2.05) is 0 Å². The predicted octanol–water partition coefficient (Wildman–Crippen LogP) is 1.99. The van der Waals surface area contributed by atoms with Gasteiger partial charge in [0.2, 0.25) is 0 Å².